The average molecular weight is 378 g/mol. The Hall–Kier alpha value is -4.17. The molecular weight excluding hydrogens is 360 g/mol. The summed E-state index contributed by atoms with van der Waals surface area (Å²) in [5.41, 5.74) is 10.9. The van der Waals surface area contributed by atoms with E-state index in [1.807, 2.05) is 65.7 Å². The maximum Gasteiger partial charge on any atom is 0.147 e. The molecule has 1 aliphatic heterocycles. The Labute approximate surface area is 169 Å². The number of para-hydroxylation sites is 1. The number of rotatable bonds is 4. The van der Waals surface area contributed by atoms with Crippen molar-refractivity contribution in [3.8, 4) is 6.07 Å². The summed E-state index contributed by atoms with van der Waals surface area (Å²) >= 11 is 0. The van der Waals surface area contributed by atoms with E-state index in [0.29, 0.717) is 22.5 Å². The number of anilines is 2. The summed E-state index contributed by atoms with van der Waals surface area (Å²) in [5, 5.41) is 9.59. The largest absolute Gasteiger partial charge is 0.397 e. The molecule has 1 aliphatic rings. The maximum absolute atomic E-state index is 12.2. The van der Waals surface area contributed by atoms with Crippen LogP contribution in [0, 0.1) is 11.3 Å². The van der Waals surface area contributed by atoms with Gasteiger partial charge in [0, 0.05) is 23.7 Å². The zero-order chi connectivity index (χ0) is 20.2. The topological polar surface area (TPSA) is 83.0 Å². The summed E-state index contributed by atoms with van der Waals surface area (Å²) < 4.78 is 0. The van der Waals surface area contributed by atoms with Crippen LogP contribution in [-0.2, 0) is 4.79 Å². The van der Waals surface area contributed by atoms with E-state index in [2.05, 4.69) is 11.1 Å². The summed E-state index contributed by atoms with van der Waals surface area (Å²) in [5.74, 6) is 0. The first-order valence-corrected chi connectivity index (χ1v) is 9.15. The van der Waals surface area contributed by atoms with E-state index in [1.165, 1.54) is 0 Å². The van der Waals surface area contributed by atoms with E-state index in [-0.39, 0.29) is 0 Å². The van der Waals surface area contributed by atoms with Crippen LogP contribution in [-0.4, -0.2) is 17.3 Å². The number of hydrogen-bond acceptors (Lipinski definition) is 5. The lowest BCUT2D eigenvalue weighted by atomic mass is 9.89. The second kappa shape index (κ2) is 7.83. The zero-order valence-corrected chi connectivity index (χ0v) is 15.6. The van der Waals surface area contributed by atoms with Gasteiger partial charge in [0.2, 0.25) is 0 Å². The van der Waals surface area contributed by atoms with Gasteiger partial charge in [-0.15, -0.1) is 0 Å². The van der Waals surface area contributed by atoms with Crippen molar-refractivity contribution < 1.29 is 4.79 Å². The number of nitriles is 1. The smallest absolute Gasteiger partial charge is 0.147 e. The first kappa shape index (κ1) is 18.2. The van der Waals surface area contributed by atoms with Gasteiger partial charge in [-0.3, -0.25) is 4.98 Å². The Morgan fingerprint density at radius 3 is 2.52 bits per heavy atom. The van der Waals surface area contributed by atoms with Crippen LogP contribution in [0.2, 0.25) is 0 Å². The molecule has 0 bridgehead atoms. The highest BCUT2D eigenvalue weighted by Crippen LogP contribution is 2.36. The molecular formula is C24H18N4O. The van der Waals surface area contributed by atoms with E-state index >= 15 is 0 Å². The second-order valence-corrected chi connectivity index (χ2v) is 6.61. The maximum atomic E-state index is 12.2. The minimum atomic E-state index is -0.583. The molecule has 0 amide bonds. The molecule has 2 N–H and O–H groups in total. The van der Waals surface area contributed by atoms with Gasteiger partial charge < -0.3 is 15.4 Å². The first-order chi connectivity index (χ1) is 14.2. The molecule has 5 nitrogen and oxygen atoms in total. The number of nitrogen functional groups attached to an aromatic ring is 1. The van der Waals surface area contributed by atoms with E-state index in [1.54, 1.807) is 24.4 Å². The van der Waals surface area contributed by atoms with Crippen LogP contribution in [0.25, 0.3) is 11.1 Å². The van der Waals surface area contributed by atoms with Gasteiger partial charge in [0.05, 0.1) is 23.0 Å². The molecule has 1 unspecified atom stereocenters. The van der Waals surface area contributed by atoms with Crippen molar-refractivity contribution in [2.24, 2.45) is 0 Å². The summed E-state index contributed by atoms with van der Waals surface area (Å²) in [4.78, 5) is 18.5. The Bertz CT molecular complexity index is 1160. The van der Waals surface area contributed by atoms with Crippen molar-refractivity contribution in [2.45, 2.75) is 6.04 Å². The molecule has 0 aliphatic carbocycles. The van der Waals surface area contributed by atoms with Crippen molar-refractivity contribution in [1.82, 2.24) is 4.98 Å². The van der Waals surface area contributed by atoms with E-state index in [9.17, 15) is 10.1 Å². The van der Waals surface area contributed by atoms with Crippen molar-refractivity contribution in [3.63, 3.8) is 0 Å². The lowest BCUT2D eigenvalue weighted by molar-refractivity contribution is -0.107. The highest BCUT2D eigenvalue weighted by atomic mass is 16.1. The minimum Gasteiger partial charge on any atom is -0.397 e. The predicted molar refractivity (Wildman–Crippen MR) is 115 cm³/mol. The first-order valence-electron chi connectivity index (χ1n) is 9.15. The van der Waals surface area contributed by atoms with Crippen molar-refractivity contribution in [2.75, 3.05) is 10.6 Å². The van der Waals surface area contributed by atoms with Gasteiger partial charge >= 0.3 is 0 Å². The fourth-order valence-electron chi connectivity index (χ4n) is 3.50. The summed E-state index contributed by atoms with van der Waals surface area (Å²) in [6.07, 6.45) is 6.35. The van der Waals surface area contributed by atoms with Crippen molar-refractivity contribution >= 4 is 28.8 Å². The fourth-order valence-corrected chi connectivity index (χ4v) is 3.50. The molecule has 3 aromatic rings. The van der Waals surface area contributed by atoms with E-state index in [4.69, 9.17) is 5.73 Å². The Morgan fingerprint density at radius 2 is 1.79 bits per heavy atom. The highest BCUT2D eigenvalue weighted by molar-refractivity contribution is 6.00. The molecule has 0 saturated heterocycles. The number of pyridine rings is 1. The van der Waals surface area contributed by atoms with Gasteiger partial charge in [-0.05, 0) is 47.5 Å². The molecule has 0 spiro atoms. The number of aldehydes is 1. The van der Waals surface area contributed by atoms with Crippen LogP contribution < -0.4 is 10.6 Å². The summed E-state index contributed by atoms with van der Waals surface area (Å²) in [6.45, 7) is 0. The van der Waals surface area contributed by atoms with Gasteiger partial charge in [-0.1, -0.05) is 36.4 Å². The molecule has 140 valence electrons. The molecule has 2 aromatic carbocycles. The van der Waals surface area contributed by atoms with Gasteiger partial charge in [-0.25, -0.2) is 0 Å². The third kappa shape index (κ3) is 3.40. The lowest BCUT2D eigenvalue weighted by Crippen LogP contribution is -2.36. The number of nitrogens with two attached hydrogens (primary N) is 1. The molecule has 1 atom stereocenters. The summed E-state index contributed by atoms with van der Waals surface area (Å²) in [7, 11) is 0. The van der Waals surface area contributed by atoms with Gasteiger partial charge in [0.15, 0.2) is 0 Å². The third-order valence-corrected chi connectivity index (χ3v) is 4.86. The molecule has 2 heterocycles. The molecule has 4 rings (SSSR count). The molecule has 5 heteroatoms. The van der Waals surface area contributed by atoms with Crippen LogP contribution in [0.1, 0.15) is 16.8 Å². The SMILES string of the molecule is N#Cc1ccccc1C1=CC(c2ncccc2N)=CN(c2ccccc2)C1C=O. The quantitative estimate of drug-likeness (QED) is 0.693. The van der Waals surface area contributed by atoms with Gasteiger partial charge in [0.25, 0.3) is 0 Å². The minimum absolute atomic E-state index is 0.508. The number of benzene rings is 2. The van der Waals surface area contributed by atoms with Crippen molar-refractivity contribution in [3.05, 3.63) is 102 Å². The van der Waals surface area contributed by atoms with Crippen LogP contribution in [0.5, 0.6) is 0 Å². The van der Waals surface area contributed by atoms with Gasteiger partial charge in [-0.2, -0.15) is 5.26 Å². The molecule has 0 saturated carbocycles. The van der Waals surface area contributed by atoms with Crippen LogP contribution >= 0.6 is 0 Å². The second-order valence-electron chi connectivity index (χ2n) is 6.61. The van der Waals surface area contributed by atoms with Gasteiger partial charge in [0.1, 0.15) is 12.3 Å². The van der Waals surface area contributed by atoms with Crippen LogP contribution in [0.4, 0.5) is 11.4 Å². The molecule has 29 heavy (non-hydrogen) atoms. The number of carbonyl (C=O) groups excluding carboxylic acids is 1. The standard InChI is InChI=1S/C24H18N4O/c25-14-17-7-4-5-10-20(17)21-13-18(24-22(26)11-6-12-27-24)15-28(23(21)16-29)19-8-2-1-3-9-19/h1-13,15-16,23H,26H2. The van der Waals surface area contributed by atoms with Crippen LogP contribution in [0.3, 0.4) is 0 Å². The molecule has 0 radical (unpaired) electrons. The van der Waals surface area contributed by atoms with Crippen molar-refractivity contribution in [1.29, 1.82) is 5.26 Å². The number of carbonyl (C=O) groups is 1. The molecule has 0 fully saturated rings. The zero-order valence-electron chi connectivity index (χ0n) is 15.6. The number of allylic oxidation sites excluding steroid dienone is 2. The normalized spacial score (nSPS) is 15.8. The van der Waals surface area contributed by atoms with E-state index in [0.717, 1.165) is 23.1 Å². The summed E-state index contributed by atoms with van der Waals surface area (Å²) in [6, 6.07) is 22.1. The monoisotopic (exact) mass is 378 g/mol. The lowest BCUT2D eigenvalue weighted by Gasteiger charge is -2.33. The van der Waals surface area contributed by atoms with Crippen LogP contribution in [0.15, 0.2) is 85.2 Å². The average Bonchev–Trinajstić information content (AvgIpc) is 2.79. The van der Waals surface area contributed by atoms with E-state index < -0.39 is 6.04 Å². The number of aromatic nitrogens is 1. The Kier molecular flexibility index (Phi) is 4.91. The predicted octanol–water partition coefficient (Wildman–Crippen LogP) is 4.05. The third-order valence-electron chi connectivity index (χ3n) is 4.86. The fraction of sp³-hybridized carbons (Fsp3) is 0.0417. The number of hydrogen-bond donors (Lipinski definition) is 1. The Morgan fingerprint density at radius 1 is 1.03 bits per heavy atom. The molecule has 1 aromatic heterocycles. The highest BCUT2D eigenvalue weighted by Gasteiger charge is 2.29. The Balaban J connectivity index is 1.95. The number of nitrogens with zero attached hydrogens (tertiary/aromatic N) is 3.